The molecule has 0 bridgehead atoms. The third kappa shape index (κ3) is 2.35. The second-order valence-corrected chi connectivity index (χ2v) is 5.91. The smallest absolute Gasteiger partial charge is 0.176 e. The molecule has 3 atom stereocenters. The van der Waals surface area contributed by atoms with E-state index in [0.717, 1.165) is 0 Å². The maximum Gasteiger partial charge on any atom is 0.176 e. The van der Waals surface area contributed by atoms with Gasteiger partial charge in [-0.3, -0.25) is 0 Å². The Kier molecular flexibility index (Phi) is 4.10. The summed E-state index contributed by atoms with van der Waals surface area (Å²) in [6, 6.07) is 0. The first-order valence-corrected chi connectivity index (χ1v) is 6.71. The van der Waals surface area contributed by atoms with Gasteiger partial charge in [0.05, 0.1) is 18.6 Å². The van der Waals surface area contributed by atoms with Gasteiger partial charge >= 0.3 is 0 Å². The Morgan fingerprint density at radius 3 is 2.78 bits per heavy atom. The molecule has 2 aliphatic rings. The first-order chi connectivity index (χ1) is 8.41. The van der Waals surface area contributed by atoms with Gasteiger partial charge in [0.15, 0.2) is 5.79 Å². The van der Waals surface area contributed by atoms with Gasteiger partial charge in [-0.1, -0.05) is 29.3 Å². The van der Waals surface area contributed by atoms with Crippen molar-refractivity contribution in [3.8, 4) is 0 Å². The lowest BCUT2D eigenvalue weighted by molar-refractivity contribution is -0.216. The Balaban J connectivity index is 2.19. The second kappa shape index (κ2) is 5.14. The molecule has 2 rings (SSSR count). The van der Waals surface area contributed by atoms with E-state index in [1.54, 1.807) is 13.2 Å². The summed E-state index contributed by atoms with van der Waals surface area (Å²) in [5, 5.41) is 1.32. The van der Waals surface area contributed by atoms with Gasteiger partial charge < -0.3 is 14.2 Å². The lowest BCUT2D eigenvalue weighted by Crippen LogP contribution is -2.46. The highest BCUT2D eigenvalue weighted by atomic mass is 35.5. The minimum atomic E-state index is -0.752. The molecule has 3 nitrogen and oxygen atoms in total. The van der Waals surface area contributed by atoms with Crippen LogP contribution in [0.3, 0.4) is 0 Å². The number of methoxy groups -OCH3 is 1. The normalized spacial score (nSPS) is 40.6. The molecule has 5 heteroatoms. The van der Waals surface area contributed by atoms with Crippen molar-refractivity contribution in [2.24, 2.45) is 5.41 Å². The Labute approximate surface area is 118 Å². The Morgan fingerprint density at radius 1 is 1.44 bits per heavy atom. The zero-order valence-electron chi connectivity index (χ0n) is 10.8. The van der Waals surface area contributed by atoms with Crippen LogP contribution in [-0.2, 0) is 14.2 Å². The lowest BCUT2D eigenvalue weighted by atomic mass is 9.76. The predicted octanol–water partition coefficient (Wildman–Crippen LogP) is 3.42. The van der Waals surface area contributed by atoms with E-state index in [4.69, 9.17) is 37.4 Å². The van der Waals surface area contributed by atoms with Crippen LogP contribution in [0.15, 0.2) is 22.2 Å². The van der Waals surface area contributed by atoms with Crippen LogP contribution < -0.4 is 0 Å². The average Bonchev–Trinajstić information content (AvgIpc) is 2.68. The number of hydrogen-bond acceptors (Lipinski definition) is 3. The van der Waals surface area contributed by atoms with E-state index in [0.29, 0.717) is 29.7 Å². The summed E-state index contributed by atoms with van der Waals surface area (Å²) in [5.41, 5.74) is -0.421. The molecule has 0 saturated carbocycles. The van der Waals surface area contributed by atoms with Crippen LogP contribution in [0, 0.1) is 5.41 Å². The van der Waals surface area contributed by atoms with Crippen LogP contribution in [0.5, 0.6) is 0 Å². The fraction of sp³-hybridized carbons (Fsp3) is 0.692. The zero-order valence-corrected chi connectivity index (χ0v) is 12.3. The van der Waals surface area contributed by atoms with Gasteiger partial charge in [0.2, 0.25) is 0 Å². The molecule has 0 amide bonds. The highest BCUT2D eigenvalue weighted by Gasteiger charge is 2.53. The van der Waals surface area contributed by atoms with Crippen molar-refractivity contribution in [3.05, 3.63) is 22.2 Å². The molecule has 1 aliphatic heterocycles. The minimum absolute atomic E-state index is 0.0531. The van der Waals surface area contributed by atoms with Crippen molar-refractivity contribution in [1.82, 2.24) is 0 Å². The second-order valence-electron chi connectivity index (χ2n) is 5.07. The molecule has 0 aromatic rings. The summed E-state index contributed by atoms with van der Waals surface area (Å²) in [5.74, 6) is -0.752. The molecule has 0 N–H and O–H groups in total. The number of hydrogen-bond donors (Lipinski definition) is 0. The van der Waals surface area contributed by atoms with E-state index >= 15 is 0 Å². The SMILES string of the molecule is COCC1CO[C@](C)(C2(C)CC=C(Cl)C=C2Cl)O1. The van der Waals surface area contributed by atoms with E-state index in [-0.39, 0.29) is 6.10 Å². The maximum absolute atomic E-state index is 6.36. The minimum Gasteiger partial charge on any atom is -0.382 e. The zero-order chi connectivity index (χ0) is 13.4. The van der Waals surface area contributed by atoms with E-state index in [1.165, 1.54) is 0 Å². The third-order valence-electron chi connectivity index (χ3n) is 3.79. The first kappa shape index (κ1) is 14.4. The molecule has 102 valence electrons. The molecular formula is C13H18Cl2O3. The van der Waals surface area contributed by atoms with Crippen molar-refractivity contribution in [3.63, 3.8) is 0 Å². The van der Waals surface area contributed by atoms with Crippen molar-refractivity contribution >= 4 is 23.2 Å². The Bertz CT molecular complexity index is 394. The van der Waals surface area contributed by atoms with Gasteiger partial charge in [0, 0.05) is 17.2 Å². The fourth-order valence-electron chi connectivity index (χ4n) is 2.34. The molecular weight excluding hydrogens is 275 g/mol. The van der Waals surface area contributed by atoms with E-state index in [9.17, 15) is 0 Å². The van der Waals surface area contributed by atoms with Crippen LogP contribution in [0.2, 0.25) is 0 Å². The molecule has 1 heterocycles. The van der Waals surface area contributed by atoms with Crippen LogP contribution in [0.4, 0.5) is 0 Å². The topological polar surface area (TPSA) is 27.7 Å². The third-order valence-corrected chi connectivity index (χ3v) is 4.58. The number of rotatable bonds is 3. The van der Waals surface area contributed by atoms with E-state index in [2.05, 4.69) is 0 Å². The van der Waals surface area contributed by atoms with Crippen LogP contribution >= 0.6 is 23.2 Å². The van der Waals surface area contributed by atoms with Gasteiger partial charge in [0.1, 0.15) is 6.10 Å². The van der Waals surface area contributed by atoms with Gasteiger partial charge in [-0.2, -0.15) is 0 Å². The lowest BCUT2D eigenvalue weighted by Gasteiger charge is -2.43. The summed E-state index contributed by atoms with van der Waals surface area (Å²) >= 11 is 12.3. The number of halogens is 2. The molecule has 1 aliphatic carbocycles. The molecule has 0 aromatic heterocycles. The van der Waals surface area contributed by atoms with Crippen molar-refractivity contribution in [1.29, 1.82) is 0 Å². The quantitative estimate of drug-likeness (QED) is 0.798. The van der Waals surface area contributed by atoms with Gasteiger partial charge in [-0.15, -0.1) is 0 Å². The highest BCUT2D eigenvalue weighted by Crippen LogP contribution is 2.51. The molecule has 0 radical (unpaired) electrons. The summed E-state index contributed by atoms with van der Waals surface area (Å²) in [6.45, 7) is 4.98. The molecule has 2 unspecified atom stereocenters. The largest absolute Gasteiger partial charge is 0.382 e. The highest BCUT2D eigenvalue weighted by molar-refractivity contribution is 6.35. The van der Waals surface area contributed by atoms with Crippen LogP contribution in [-0.4, -0.2) is 32.2 Å². The molecule has 1 saturated heterocycles. The molecule has 0 aromatic carbocycles. The molecule has 18 heavy (non-hydrogen) atoms. The van der Waals surface area contributed by atoms with Crippen molar-refractivity contribution in [2.75, 3.05) is 20.3 Å². The predicted molar refractivity (Wildman–Crippen MR) is 71.7 cm³/mol. The summed E-state index contributed by atoms with van der Waals surface area (Å²) < 4.78 is 16.9. The van der Waals surface area contributed by atoms with Crippen molar-refractivity contribution in [2.45, 2.75) is 32.2 Å². The molecule has 0 spiro atoms. The van der Waals surface area contributed by atoms with Crippen molar-refractivity contribution < 1.29 is 14.2 Å². The number of allylic oxidation sites excluding steroid dienone is 3. The fourth-order valence-corrected chi connectivity index (χ4v) is 2.94. The van der Waals surface area contributed by atoms with Gasteiger partial charge in [-0.05, 0) is 26.3 Å². The molecule has 1 fully saturated rings. The first-order valence-electron chi connectivity index (χ1n) is 5.95. The van der Waals surface area contributed by atoms with Gasteiger partial charge in [0.25, 0.3) is 0 Å². The van der Waals surface area contributed by atoms with Crippen LogP contribution in [0.1, 0.15) is 20.3 Å². The van der Waals surface area contributed by atoms with Gasteiger partial charge in [-0.25, -0.2) is 0 Å². The Hall–Kier alpha value is -0.0600. The van der Waals surface area contributed by atoms with E-state index in [1.807, 2.05) is 19.9 Å². The Morgan fingerprint density at radius 2 is 2.17 bits per heavy atom. The summed E-state index contributed by atoms with van der Waals surface area (Å²) in [4.78, 5) is 0. The summed E-state index contributed by atoms with van der Waals surface area (Å²) in [7, 11) is 1.65. The van der Waals surface area contributed by atoms with Crippen LogP contribution in [0.25, 0.3) is 0 Å². The monoisotopic (exact) mass is 292 g/mol. The summed E-state index contributed by atoms with van der Waals surface area (Å²) in [6.07, 6.45) is 4.34. The number of ether oxygens (including phenoxy) is 3. The standard InChI is InChI=1S/C13H18Cl2O3/c1-12(5-4-9(14)6-11(12)15)13(2)17-8-10(18-13)7-16-3/h4,6,10H,5,7-8H2,1-3H3/t10?,12?,13-/m0/s1. The van der Waals surface area contributed by atoms with E-state index < -0.39 is 11.2 Å². The average molecular weight is 293 g/mol. The maximum atomic E-state index is 6.36.